The Labute approximate surface area is 112 Å². The van der Waals surface area contributed by atoms with E-state index in [1.165, 1.54) is 0 Å². The molecule has 1 aliphatic carbocycles. The number of thioether (sulfide) groups is 1. The van der Waals surface area contributed by atoms with Gasteiger partial charge in [-0.3, -0.25) is 9.59 Å². The molecule has 0 aromatic heterocycles. The maximum absolute atomic E-state index is 12.0. The molecule has 0 saturated heterocycles. The lowest BCUT2D eigenvalue weighted by Gasteiger charge is -2.30. The van der Waals surface area contributed by atoms with Crippen molar-refractivity contribution < 1.29 is 14.7 Å². The van der Waals surface area contributed by atoms with Gasteiger partial charge in [0, 0.05) is 0 Å². The fraction of sp³-hybridized carbons (Fsp3) is 0.833. The zero-order valence-corrected chi connectivity index (χ0v) is 11.6. The van der Waals surface area contributed by atoms with Crippen molar-refractivity contribution in [2.45, 2.75) is 50.1 Å². The molecule has 0 spiro atoms. The molecule has 4 N–H and O–H groups in total. The lowest BCUT2D eigenvalue weighted by molar-refractivity contribution is -0.139. The van der Waals surface area contributed by atoms with Crippen LogP contribution in [0.15, 0.2) is 0 Å². The molecular weight excluding hydrogens is 252 g/mol. The van der Waals surface area contributed by atoms with Gasteiger partial charge in [0.2, 0.25) is 5.91 Å². The molecule has 0 bridgehead atoms. The van der Waals surface area contributed by atoms with Crippen LogP contribution in [-0.4, -0.2) is 40.6 Å². The van der Waals surface area contributed by atoms with Crippen LogP contribution in [0.2, 0.25) is 0 Å². The molecule has 0 heterocycles. The zero-order valence-electron chi connectivity index (χ0n) is 10.8. The van der Waals surface area contributed by atoms with Gasteiger partial charge in [-0.25, -0.2) is 0 Å². The number of nitrogens with two attached hydrogens (primary N) is 1. The summed E-state index contributed by atoms with van der Waals surface area (Å²) >= 11 is 1.65. The van der Waals surface area contributed by atoms with Crippen molar-refractivity contribution in [1.82, 2.24) is 5.32 Å². The quantitative estimate of drug-likeness (QED) is 0.643. The number of hydrogen-bond donors (Lipinski definition) is 3. The Hall–Kier alpha value is -0.750. The summed E-state index contributed by atoms with van der Waals surface area (Å²) in [4.78, 5) is 22.9. The Kier molecular flexibility index (Phi) is 5.95. The molecule has 0 aromatic rings. The van der Waals surface area contributed by atoms with E-state index in [1.54, 1.807) is 11.8 Å². The number of aliphatic carboxylic acids is 1. The highest BCUT2D eigenvalue weighted by Crippen LogP contribution is 2.32. The van der Waals surface area contributed by atoms with Crippen LogP contribution >= 0.6 is 11.8 Å². The van der Waals surface area contributed by atoms with E-state index in [0.29, 0.717) is 6.42 Å². The van der Waals surface area contributed by atoms with E-state index in [1.807, 2.05) is 6.26 Å². The summed E-state index contributed by atoms with van der Waals surface area (Å²) in [6, 6.07) is -0.538. The number of amides is 1. The van der Waals surface area contributed by atoms with Gasteiger partial charge >= 0.3 is 5.97 Å². The normalized spacial score (nSPS) is 19.4. The third-order valence-corrected chi connectivity index (χ3v) is 4.05. The predicted molar refractivity (Wildman–Crippen MR) is 72.6 cm³/mol. The fourth-order valence-corrected chi connectivity index (χ4v) is 2.91. The second kappa shape index (κ2) is 6.99. The number of rotatable bonds is 7. The first kappa shape index (κ1) is 15.3. The Balaban J connectivity index is 2.55. The first-order chi connectivity index (χ1) is 8.49. The molecule has 104 valence electrons. The zero-order chi connectivity index (χ0) is 13.6. The highest BCUT2D eigenvalue weighted by molar-refractivity contribution is 7.98. The third kappa shape index (κ3) is 4.49. The van der Waals surface area contributed by atoms with Gasteiger partial charge in [0.05, 0.1) is 18.0 Å². The van der Waals surface area contributed by atoms with Gasteiger partial charge in [0.15, 0.2) is 0 Å². The van der Waals surface area contributed by atoms with E-state index in [9.17, 15) is 9.59 Å². The number of carbonyl (C=O) groups is 2. The van der Waals surface area contributed by atoms with E-state index >= 15 is 0 Å². The van der Waals surface area contributed by atoms with Crippen LogP contribution in [0.4, 0.5) is 0 Å². The molecule has 0 radical (unpaired) electrons. The van der Waals surface area contributed by atoms with Crippen molar-refractivity contribution in [3.63, 3.8) is 0 Å². The first-order valence-corrected chi connectivity index (χ1v) is 7.67. The van der Waals surface area contributed by atoms with E-state index in [2.05, 4.69) is 5.32 Å². The van der Waals surface area contributed by atoms with E-state index in [4.69, 9.17) is 10.8 Å². The van der Waals surface area contributed by atoms with Crippen LogP contribution in [0.25, 0.3) is 0 Å². The Morgan fingerprint density at radius 1 is 1.44 bits per heavy atom. The van der Waals surface area contributed by atoms with Crippen molar-refractivity contribution in [3.05, 3.63) is 0 Å². The molecule has 1 rings (SSSR count). The van der Waals surface area contributed by atoms with Crippen LogP contribution < -0.4 is 11.1 Å². The van der Waals surface area contributed by atoms with Crippen molar-refractivity contribution in [1.29, 1.82) is 0 Å². The molecule has 0 aliphatic heterocycles. The summed E-state index contributed by atoms with van der Waals surface area (Å²) in [7, 11) is 0. The van der Waals surface area contributed by atoms with Crippen molar-refractivity contribution >= 4 is 23.6 Å². The second-order valence-electron chi connectivity index (χ2n) is 4.94. The minimum atomic E-state index is -0.866. The second-order valence-corrected chi connectivity index (χ2v) is 5.92. The topological polar surface area (TPSA) is 92.4 Å². The summed E-state index contributed by atoms with van der Waals surface area (Å²) < 4.78 is 0. The SMILES string of the molecule is CSCC[C@@H](N)C(=O)NC1(CC(=O)O)CCCC1. The molecule has 1 amide bonds. The Bertz CT molecular complexity index is 304. The van der Waals surface area contributed by atoms with Gasteiger partial charge in [-0.05, 0) is 31.3 Å². The van der Waals surface area contributed by atoms with Gasteiger partial charge in [-0.1, -0.05) is 12.8 Å². The molecule has 18 heavy (non-hydrogen) atoms. The summed E-state index contributed by atoms with van der Waals surface area (Å²) in [5.74, 6) is -0.248. The van der Waals surface area contributed by atoms with Crippen molar-refractivity contribution in [3.8, 4) is 0 Å². The van der Waals surface area contributed by atoms with Gasteiger partial charge < -0.3 is 16.2 Å². The highest BCUT2D eigenvalue weighted by atomic mass is 32.2. The van der Waals surface area contributed by atoms with Crippen molar-refractivity contribution in [2.75, 3.05) is 12.0 Å². The average molecular weight is 274 g/mol. The molecule has 5 nitrogen and oxygen atoms in total. The smallest absolute Gasteiger partial charge is 0.305 e. The van der Waals surface area contributed by atoms with Crippen LogP contribution in [0.5, 0.6) is 0 Å². The largest absolute Gasteiger partial charge is 0.481 e. The van der Waals surface area contributed by atoms with Gasteiger partial charge in [-0.2, -0.15) is 11.8 Å². The summed E-state index contributed by atoms with van der Waals surface area (Å²) in [5, 5.41) is 11.8. The maximum Gasteiger partial charge on any atom is 0.305 e. The summed E-state index contributed by atoms with van der Waals surface area (Å²) in [6.07, 6.45) is 5.99. The molecule has 1 saturated carbocycles. The summed E-state index contributed by atoms with van der Waals surface area (Å²) in [5.41, 5.74) is 5.23. The van der Waals surface area contributed by atoms with Gasteiger partial charge in [0.1, 0.15) is 0 Å². The number of carbonyl (C=O) groups excluding carboxylic acids is 1. The van der Waals surface area contributed by atoms with E-state index < -0.39 is 17.6 Å². The van der Waals surface area contributed by atoms with Crippen LogP contribution in [-0.2, 0) is 9.59 Å². The first-order valence-electron chi connectivity index (χ1n) is 6.27. The lowest BCUT2D eigenvalue weighted by atomic mass is 9.92. The number of carboxylic acids is 1. The molecule has 6 heteroatoms. The number of carboxylic acid groups (broad SMARTS) is 1. The van der Waals surface area contributed by atoms with E-state index in [0.717, 1.165) is 31.4 Å². The Morgan fingerprint density at radius 3 is 2.56 bits per heavy atom. The number of hydrogen-bond acceptors (Lipinski definition) is 4. The maximum atomic E-state index is 12.0. The molecule has 1 aliphatic rings. The lowest BCUT2D eigenvalue weighted by Crippen LogP contribution is -2.53. The summed E-state index contributed by atoms with van der Waals surface area (Å²) in [6.45, 7) is 0. The van der Waals surface area contributed by atoms with Crippen LogP contribution in [0, 0.1) is 0 Å². The molecule has 0 aromatic carbocycles. The van der Waals surface area contributed by atoms with Gasteiger partial charge in [0.25, 0.3) is 0 Å². The number of nitrogens with one attached hydrogen (secondary N) is 1. The van der Waals surface area contributed by atoms with Crippen molar-refractivity contribution in [2.24, 2.45) is 5.73 Å². The minimum Gasteiger partial charge on any atom is -0.481 e. The fourth-order valence-electron chi connectivity index (χ4n) is 2.42. The minimum absolute atomic E-state index is 0.00596. The predicted octanol–water partition coefficient (Wildman–Crippen LogP) is 0.970. The Morgan fingerprint density at radius 2 is 2.06 bits per heavy atom. The standard InChI is InChI=1S/C12H22N2O3S/c1-18-7-4-9(13)11(17)14-12(8-10(15)16)5-2-3-6-12/h9H,2-8,13H2,1H3,(H,14,17)(H,15,16)/t9-/m1/s1. The average Bonchev–Trinajstić information content (AvgIpc) is 2.72. The van der Waals surface area contributed by atoms with Crippen LogP contribution in [0.1, 0.15) is 38.5 Å². The van der Waals surface area contributed by atoms with Gasteiger partial charge in [-0.15, -0.1) is 0 Å². The molecule has 1 fully saturated rings. The van der Waals surface area contributed by atoms with Crippen LogP contribution in [0.3, 0.4) is 0 Å². The monoisotopic (exact) mass is 274 g/mol. The molecule has 0 unspecified atom stereocenters. The highest BCUT2D eigenvalue weighted by Gasteiger charge is 2.38. The third-order valence-electron chi connectivity index (χ3n) is 3.41. The van der Waals surface area contributed by atoms with E-state index in [-0.39, 0.29) is 12.3 Å². The molecular formula is C12H22N2O3S. The molecule has 1 atom stereocenters.